The molecule has 0 heterocycles. The van der Waals surface area contributed by atoms with Crippen LogP contribution in [0.2, 0.25) is 0 Å². The third kappa shape index (κ3) is 7.00. The molecule has 0 aliphatic carbocycles. The molecule has 22 heavy (non-hydrogen) atoms. The molecule has 1 amide bonds. The van der Waals surface area contributed by atoms with E-state index in [1.165, 1.54) is 23.1 Å². The maximum absolute atomic E-state index is 12.2. The number of rotatable bonds is 6. The summed E-state index contributed by atoms with van der Waals surface area (Å²) in [6.45, 7) is 2.56. The first kappa shape index (κ1) is 20.5. The smallest absolute Gasteiger partial charge is 0.406 e. The summed E-state index contributed by atoms with van der Waals surface area (Å²) in [5.41, 5.74) is 0.573. The molecule has 1 aromatic rings. The Morgan fingerprint density at radius 2 is 2.05 bits per heavy atom. The van der Waals surface area contributed by atoms with Gasteiger partial charge in [0.15, 0.2) is 0 Å². The van der Waals surface area contributed by atoms with E-state index in [0.717, 1.165) is 0 Å². The first-order valence-corrected chi connectivity index (χ1v) is 6.47. The lowest BCUT2D eigenvalue weighted by Crippen LogP contribution is -2.35. The number of carbonyl (C=O) groups excluding carboxylic acids is 1. The minimum atomic E-state index is -4.72. The Morgan fingerprint density at radius 1 is 1.41 bits per heavy atom. The highest BCUT2D eigenvalue weighted by atomic mass is 35.5. The van der Waals surface area contributed by atoms with Crippen LogP contribution in [-0.2, 0) is 11.3 Å². The summed E-state index contributed by atoms with van der Waals surface area (Å²) in [7, 11) is 3.37. The highest BCUT2D eigenvalue weighted by molar-refractivity contribution is 5.85. The number of nitrogens with zero attached hydrogens (tertiary/aromatic N) is 1. The number of carbonyl (C=O) groups is 1. The van der Waals surface area contributed by atoms with Crippen LogP contribution in [0.15, 0.2) is 24.3 Å². The second-order valence-corrected chi connectivity index (χ2v) is 4.85. The van der Waals surface area contributed by atoms with E-state index in [2.05, 4.69) is 10.1 Å². The average Bonchev–Trinajstić information content (AvgIpc) is 2.36. The predicted octanol–water partition coefficient (Wildman–Crippen LogP) is 2.82. The molecule has 0 radical (unpaired) electrons. The van der Waals surface area contributed by atoms with Gasteiger partial charge in [-0.1, -0.05) is 19.1 Å². The Labute approximate surface area is 134 Å². The van der Waals surface area contributed by atoms with Gasteiger partial charge in [0, 0.05) is 26.1 Å². The Morgan fingerprint density at radius 3 is 2.59 bits per heavy atom. The molecule has 1 unspecified atom stereocenters. The number of hydrogen-bond donors (Lipinski definition) is 1. The summed E-state index contributed by atoms with van der Waals surface area (Å²) in [4.78, 5) is 13.5. The highest BCUT2D eigenvalue weighted by Gasteiger charge is 2.31. The lowest BCUT2D eigenvalue weighted by atomic mass is 10.1. The van der Waals surface area contributed by atoms with E-state index < -0.39 is 6.36 Å². The average molecular weight is 341 g/mol. The molecule has 0 saturated carbocycles. The van der Waals surface area contributed by atoms with Gasteiger partial charge >= 0.3 is 6.36 Å². The minimum absolute atomic E-state index is 0. The zero-order chi connectivity index (χ0) is 16.0. The number of benzene rings is 1. The van der Waals surface area contributed by atoms with E-state index in [9.17, 15) is 18.0 Å². The topological polar surface area (TPSA) is 41.6 Å². The van der Waals surface area contributed by atoms with Crippen molar-refractivity contribution in [2.75, 3.05) is 20.6 Å². The van der Waals surface area contributed by atoms with Gasteiger partial charge in [0.2, 0.25) is 5.91 Å². The number of amides is 1. The summed E-state index contributed by atoms with van der Waals surface area (Å²) in [5.74, 6) is -0.565. The van der Waals surface area contributed by atoms with Crippen molar-refractivity contribution >= 4 is 18.3 Å². The van der Waals surface area contributed by atoms with Gasteiger partial charge in [-0.3, -0.25) is 4.79 Å². The van der Waals surface area contributed by atoms with E-state index in [1.54, 1.807) is 27.1 Å². The zero-order valence-corrected chi connectivity index (χ0v) is 13.4. The maximum atomic E-state index is 12.2. The van der Waals surface area contributed by atoms with Crippen LogP contribution in [0.1, 0.15) is 12.5 Å². The van der Waals surface area contributed by atoms with Crippen LogP contribution in [0.3, 0.4) is 0 Å². The molecule has 1 aromatic carbocycles. The Bertz CT molecular complexity index is 483. The van der Waals surface area contributed by atoms with Gasteiger partial charge in [0.05, 0.1) is 0 Å². The standard InChI is InChI=1S/C14H19F3N2O2.ClH/c1-10(8-18-2)13(20)19(3)9-11-5-4-6-12(7-11)21-14(15,16)17;/h4-7,10,18H,8-9H2,1-3H3;1H. The molecule has 0 aliphatic rings. The second-order valence-electron chi connectivity index (χ2n) is 4.85. The van der Waals surface area contributed by atoms with Crippen molar-refractivity contribution in [2.45, 2.75) is 19.8 Å². The van der Waals surface area contributed by atoms with Crippen molar-refractivity contribution in [3.05, 3.63) is 29.8 Å². The van der Waals surface area contributed by atoms with Gasteiger partial charge < -0.3 is 15.0 Å². The Kier molecular flexibility index (Phi) is 8.26. The zero-order valence-electron chi connectivity index (χ0n) is 12.6. The molecule has 0 bridgehead atoms. The van der Waals surface area contributed by atoms with E-state index in [1.807, 2.05) is 0 Å². The molecule has 0 aliphatic heterocycles. The largest absolute Gasteiger partial charge is 0.573 e. The van der Waals surface area contributed by atoms with Crippen molar-refractivity contribution in [3.63, 3.8) is 0 Å². The number of alkyl halides is 3. The number of halogens is 4. The SMILES string of the molecule is CNCC(C)C(=O)N(C)Cc1cccc(OC(F)(F)F)c1.Cl. The fourth-order valence-electron chi connectivity index (χ4n) is 1.96. The fourth-order valence-corrected chi connectivity index (χ4v) is 1.96. The number of ether oxygens (including phenoxy) is 1. The third-order valence-electron chi connectivity index (χ3n) is 2.86. The molecular formula is C14H20ClF3N2O2. The molecule has 126 valence electrons. The molecule has 0 fully saturated rings. The molecular weight excluding hydrogens is 321 g/mol. The summed E-state index contributed by atoms with van der Waals surface area (Å²) in [6.07, 6.45) is -4.72. The van der Waals surface area contributed by atoms with E-state index >= 15 is 0 Å². The summed E-state index contributed by atoms with van der Waals surface area (Å²) < 4.78 is 40.3. The molecule has 1 rings (SSSR count). The molecule has 4 nitrogen and oxygen atoms in total. The first-order valence-electron chi connectivity index (χ1n) is 6.47. The van der Waals surface area contributed by atoms with Gasteiger partial charge in [-0.25, -0.2) is 0 Å². The van der Waals surface area contributed by atoms with E-state index in [-0.39, 0.29) is 36.5 Å². The molecule has 1 N–H and O–H groups in total. The summed E-state index contributed by atoms with van der Waals surface area (Å²) in [5, 5.41) is 2.91. The molecule has 0 aromatic heterocycles. The van der Waals surface area contributed by atoms with Gasteiger partial charge in [-0.2, -0.15) is 0 Å². The highest BCUT2D eigenvalue weighted by Crippen LogP contribution is 2.23. The van der Waals surface area contributed by atoms with Gasteiger partial charge in [-0.15, -0.1) is 25.6 Å². The monoisotopic (exact) mass is 340 g/mol. The van der Waals surface area contributed by atoms with Gasteiger partial charge in [0.1, 0.15) is 5.75 Å². The fraction of sp³-hybridized carbons (Fsp3) is 0.500. The van der Waals surface area contributed by atoms with Crippen molar-refractivity contribution < 1.29 is 22.7 Å². The van der Waals surface area contributed by atoms with Crippen LogP contribution in [-0.4, -0.2) is 37.8 Å². The van der Waals surface area contributed by atoms with Gasteiger partial charge in [0.25, 0.3) is 0 Å². The summed E-state index contributed by atoms with van der Waals surface area (Å²) in [6, 6.07) is 5.62. The van der Waals surface area contributed by atoms with Crippen LogP contribution in [0, 0.1) is 5.92 Å². The summed E-state index contributed by atoms with van der Waals surface area (Å²) >= 11 is 0. The quantitative estimate of drug-likeness (QED) is 0.866. The lowest BCUT2D eigenvalue weighted by molar-refractivity contribution is -0.274. The van der Waals surface area contributed by atoms with Crippen molar-refractivity contribution in [2.24, 2.45) is 5.92 Å². The van der Waals surface area contributed by atoms with Crippen LogP contribution in [0.25, 0.3) is 0 Å². The molecule has 0 spiro atoms. The normalized spacial score (nSPS) is 12.3. The van der Waals surface area contributed by atoms with Crippen molar-refractivity contribution in [1.29, 1.82) is 0 Å². The van der Waals surface area contributed by atoms with E-state index in [4.69, 9.17) is 0 Å². The second kappa shape index (κ2) is 8.85. The third-order valence-corrected chi connectivity index (χ3v) is 2.86. The van der Waals surface area contributed by atoms with Crippen LogP contribution >= 0.6 is 12.4 Å². The molecule has 8 heteroatoms. The van der Waals surface area contributed by atoms with Crippen LogP contribution in [0.5, 0.6) is 5.75 Å². The maximum Gasteiger partial charge on any atom is 0.573 e. The van der Waals surface area contributed by atoms with Crippen molar-refractivity contribution in [3.8, 4) is 5.75 Å². The minimum Gasteiger partial charge on any atom is -0.406 e. The number of hydrogen-bond acceptors (Lipinski definition) is 3. The number of nitrogens with one attached hydrogen (secondary N) is 1. The predicted molar refractivity (Wildman–Crippen MR) is 79.9 cm³/mol. The van der Waals surface area contributed by atoms with Crippen LogP contribution in [0.4, 0.5) is 13.2 Å². The lowest BCUT2D eigenvalue weighted by Gasteiger charge is -2.21. The Hall–Kier alpha value is -1.47. The first-order chi connectivity index (χ1) is 9.73. The van der Waals surface area contributed by atoms with Crippen LogP contribution < -0.4 is 10.1 Å². The Balaban J connectivity index is 0.00000441. The van der Waals surface area contributed by atoms with Crippen molar-refractivity contribution in [1.82, 2.24) is 10.2 Å². The molecule has 0 saturated heterocycles. The van der Waals surface area contributed by atoms with Gasteiger partial charge in [-0.05, 0) is 24.7 Å². The molecule has 1 atom stereocenters. The van der Waals surface area contributed by atoms with E-state index in [0.29, 0.717) is 12.1 Å².